The average molecular weight is 207 g/mol. The van der Waals surface area contributed by atoms with E-state index < -0.39 is 0 Å². The van der Waals surface area contributed by atoms with E-state index in [1.54, 1.807) is 7.11 Å². The zero-order valence-electron chi connectivity index (χ0n) is 9.06. The van der Waals surface area contributed by atoms with Crippen LogP contribution in [0.15, 0.2) is 30.3 Å². The molecular formula is C12H17NO2. The molecule has 1 atom stereocenters. The van der Waals surface area contributed by atoms with Crippen molar-refractivity contribution in [2.45, 2.75) is 12.5 Å². The molecule has 82 valence electrons. The van der Waals surface area contributed by atoms with Crippen molar-refractivity contribution in [1.82, 2.24) is 5.06 Å². The highest BCUT2D eigenvalue weighted by Gasteiger charge is 2.20. The van der Waals surface area contributed by atoms with E-state index in [9.17, 15) is 0 Å². The summed E-state index contributed by atoms with van der Waals surface area (Å²) in [5, 5.41) is 1.96. The summed E-state index contributed by atoms with van der Waals surface area (Å²) < 4.78 is 5.69. The first-order chi connectivity index (χ1) is 7.38. The first-order valence-electron chi connectivity index (χ1n) is 5.33. The molecule has 1 heterocycles. The number of nitrogens with zero attached hydrogens (tertiary/aromatic N) is 1. The van der Waals surface area contributed by atoms with Gasteiger partial charge in [0.25, 0.3) is 0 Å². The maximum Gasteiger partial charge on any atom is 0.0766 e. The molecule has 1 aromatic rings. The van der Waals surface area contributed by atoms with Crippen molar-refractivity contribution in [3.05, 3.63) is 35.9 Å². The lowest BCUT2D eigenvalue weighted by atomic mass is 10.1. The Morgan fingerprint density at radius 2 is 2.20 bits per heavy atom. The van der Waals surface area contributed by atoms with Crippen LogP contribution in [0.5, 0.6) is 0 Å². The van der Waals surface area contributed by atoms with E-state index in [2.05, 4.69) is 24.3 Å². The maximum atomic E-state index is 5.69. The first kappa shape index (κ1) is 10.6. The number of ether oxygens (including phenoxy) is 1. The van der Waals surface area contributed by atoms with Gasteiger partial charge in [0.1, 0.15) is 0 Å². The minimum absolute atomic E-state index is 0.251. The molecular weight excluding hydrogens is 190 g/mol. The number of benzene rings is 1. The van der Waals surface area contributed by atoms with Gasteiger partial charge in [0.2, 0.25) is 0 Å². The molecule has 0 bridgehead atoms. The Morgan fingerprint density at radius 3 is 2.93 bits per heavy atom. The van der Waals surface area contributed by atoms with Gasteiger partial charge >= 0.3 is 0 Å². The van der Waals surface area contributed by atoms with Crippen molar-refractivity contribution < 1.29 is 9.57 Å². The second-order valence-electron chi connectivity index (χ2n) is 3.75. The minimum atomic E-state index is 0.251. The Morgan fingerprint density at radius 1 is 1.40 bits per heavy atom. The Labute approximate surface area is 90.6 Å². The molecule has 0 N–H and O–H groups in total. The van der Waals surface area contributed by atoms with Crippen LogP contribution in [0.4, 0.5) is 0 Å². The van der Waals surface area contributed by atoms with Gasteiger partial charge in [-0.3, -0.25) is 0 Å². The lowest BCUT2D eigenvalue weighted by molar-refractivity contribution is -0.192. The summed E-state index contributed by atoms with van der Waals surface area (Å²) in [5.41, 5.74) is 1.32. The van der Waals surface area contributed by atoms with Gasteiger partial charge in [-0.2, -0.15) is 5.06 Å². The molecule has 1 unspecified atom stereocenters. The van der Waals surface area contributed by atoms with Gasteiger partial charge in [-0.15, -0.1) is 0 Å². The summed E-state index contributed by atoms with van der Waals surface area (Å²) in [4.78, 5) is 5.21. The number of hydrogen-bond donors (Lipinski definition) is 0. The molecule has 1 aromatic carbocycles. The molecule has 15 heavy (non-hydrogen) atoms. The van der Waals surface area contributed by atoms with Gasteiger partial charge in [-0.05, 0) is 12.0 Å². The van der Waals surface area contributed by atoms with Crippen LogP contribution in [-0.2, 0) is 16.0 Å². The van der Waals surface area contributed by atoms with Crippen LogP contribution < -0.4 is 0 Å². The summed E-state index contributed by atoms with van der Waals surface area (Å²) in [7, 11) is 1.71. The molecule has 0 saturated carbocycles. The van der Waals surface area contributed by atoms with Crippen molar-refractivity contribution in [1.29, 1.82) is 0 Å². The van der Waals surface area contributed by atoms with E-state index in [0.717, 1.165) is 26.1 Å². The van der Waals surface area contributed by atoms with Gasteiger partial charge in [0.05, 0.1) is 26.4 Å². The highest BCUT2D eigenvalue weighted by molar-refractivity contribution is 5.15. The lowest BCUT2D eigenvalue weighted by Crippen LogP contribution is -2.42. The fraction of sp³-hybridized carbons (Fsp3) is 0.500. The van der Waals surface area contributed by atoms with Crippen molar-refractivity contribution in [3.8, 4) is 0 Å². The molecule has 3 nitrogen and oxygen atoms in total. The van der Waals surface area contributed by atoms with E-state index in [4.69, 9.17) is 9.57 Å². The van der Waals surface area contributed by atoms with Crippen LogP contribution in [0.3, 0.4) is 0 Å². The minimum Gasteiger partial charge on any atom is -0.375 e. The Hall–Kier alpha value is -0.900. The van der Waals surface area contributed by atoms with E-state index in [-0.39, 0.29) is 6.10 Å². The van der Waals surface area contributed by atoms with Crippen molar-refractivity contribution >= 4 is 0 Å². The second kappa shape index (κ2) is 5.26. The van der Waals surface area contributed by atoms with E-state index in [0.29, 0.717) is 0 Å². The molecule has 1 saturated heterocycles. The second-order valence-corrected chi connectivity index (χ2v) is 3.75. The topological polar surface area (TPSA) is 21.7 Å². The van der Waals surface area contributed by atoms with Crippen LogP contribution in [0.2, 0.25) is 0 Å². The first-order valence-corrected chi connectivity index (χ1v) is 5.33. The largest absolute Gasteiger partial charge is 0.375 e. The summed E-state index contributed by atoms with van der Waals surface area (Å²) in [6.07, 6.45) is 1.21. The van der Waals surface area contributed by atoms with Crippen LogP contribution in [-0.4, -0.2) is 38.0 Å². The molecule has 0 amide bonds. The molecule has 0 aromatic heterocycles. The maximum absolute atomic E-state index is 5.69. The molecule has 0 aliphatic carbocycles. The fourth-order valence-corrected chi connectivity index (χ4v) is 1.86. The Balaban J connectivity index is 1.89. The van der Waals surface area contributed by atoms with Gasteiger partial charge in [-0.1, -0.05) is 30.3 Å². The van der Waals surface area contributed by atoms with Gasteiger partial charge in [0, 0.05) is 6.54 Å². The third-order valence-corrected chi connectivity index (χ3v) is 2.67. The average Bonchev–Trinajstić information content (AvgIpc) is 2.31. The summed E-state index contributed by atoms with van der Waals surface area (Å²) in [5.74, 6) is 0. The third kappa shape index (κ3) is 3.02. The predicted octanol–water partition coefficient (Wildman–Crippen LogP) is 1.49. The SMILES string of the molecule is CON1CCOC(Cc2ccccc2)C1. The normalized spacial score (nSPS) is 22.9. The third-order valence-electron chi connectivity index (χ3n) is 2.67. The zero-order chi connectivity index (χ0) is 10.5. The fourth-order valence-electron chi connectivity index (χ4n) is 1.86. The van der Waals surface area contributed by atoms with E-state index in [1.807, 2.05) is 11.1 Å². The molecule has 1 aliphatic heterocycles. The zero-order valence-corrected chi connectivity index (χ0v) is 9.06. The summed E-state index contributed by atoms with van der Waals surface area (Å²) in [6, 6.07) is 10.4. The predicted molar refractivity (Wildman–Crippen MR) is 58.5 cm³/mol. The van der Waals surface area contributed by atoms with Crippen molar-refractivity contribution in [2.24, 2.45) is 0 Å². The highest BCUT2D eigenvalue weighted by Crippen LogP contribution is 2.11. The van der Waals surface area contributed by atoms with Crippen molar-refractivity contribution in [3.63, 3.8) is 0 Å². The molecule has 0 radical (unpaired) electrons. The number of rotatable bonds is 3. The quantitative estimate of drug-likeness (QED) is 0.749. The molecule has 3 heteroatoms. The lowest BCUT2D eigenvalue weighted by Gasteiger charge is -2.31. The van der Waals surface area contributed by atoms with Gasteiger partial charge in [0.15, 0.2) is 0 Å². The van der Waals surface area contributed by atoms with Gasteiger partial charge in [-0.25, -0.2) is 0 Å². The Bertz CT molecular complexity index is 289. The molecule has 1 fully saturated rings. The summed E-state index contributed by atoms with van der Waals surface area (Å²) >= 11 is 0. The number of hydroxylamine groups is 2. The van der Waals surface area contributed by atoms with E-state index in [1.165, 1.54) is 5.56 Å². The standard InChI is InChI=1S/C12H17NO2/c1-14-13-7-8-15-12(10-13)9-11-5-3-2-4-6-11/h2-6,12H,7-10H2,1H3. The van der Waals surface area contributed by atoms with Crippen LogP contribution in [0, 0.1) is 0 Å². The van der Waals surface area contributed by atoms with Crippen LogP contribution >= 0.6 is 0 Å². The number of morpholine rings is 1. The molecule has 0 spiro atoms. The summed E-state index contributed by atoms with van der Waals surface area (Å²) in [6.45, 7) is 2.47. The smallest absolute Gasteiger partial charge is 0.0766 e. The van der Waals surface area contributed by atoms with Crippen LogP contribution in [0.1, 0.15) is 5.56 Å². The molecule has 1 aliphatic rings. The van der Waals surface area contributed by atoms with Crippen LogP contribution in [0.25, 0.3) is 0 Å². The van der Waals surface area contributed by atoms with E-state index >= 15 is 0 Å². The highest BCUT2D eigenvalue weighted by atomic mass is 16.7. The number of hydrogen-bond acceptors (Lipinski definition) is 3. The Kier molecular flexibility index (Phi) is 3.72. The molecule has 2 rings (SSSR count). The van der Waals surface area contributed by atoms with Crippen molar-refractivity contribution in [2.75, 3.05) is 26.8 Å². The van der Waals surface area contributed by atoms with Gasteiger partial charge < -0.3 is 9.57 Å². The monoisotopic (exact) mass is 207 g/mol.